The summed E-state index contributed by atoms with van der Waals surface area (Å²) in [6.45, 7) is 3.90. The molecule has 0 spiro atoms. The summed E-state index contributed by atoms with van der Waals surface area (Å²) in [7, 11) is 0. The predicted molar refractivity (Wildman–Crippen MR) is 60.5 cm³/mol. The number of nitrogens with one attached hydrogen (secondary N) is 1. The van der Waals surface area contributed by atoms with Crippen LogP contribution in [0.25, 0.3) is 0 Å². The van der Waals surface area contributed by atoms with E-state index in [1.54, 1.807) is 0 Å². The summed E-state index contributed by atoms with van der Waals surface area (Å²) in [5, 5.41) is 22.3. The lowest BCUT2D eigenvalue weighted by molar-refractivity contribution is 0.0856. The Morgan fingerprint density at radius 2 is 1.80 bits per heavy atom. The highest BCUT2D eigenvalue weighted by Crippen LogP contribution is 2.16. The van der Waals surface area contributed by atoms with Crippen LogP contribution in [0.2, 0.25) is 0 Å². The third-order valence-electron chi connectivity index (χ3n) is 2.27. The van der Waals surface area contributed by atoms with Crippen LogP contribution in [-0.4, -0.2) is 28.9 Å². The minimum absolute atomic E-state index is 0.0752. The zero-order chi connectivity index (χ0) is 11.3. The molecular weight excluding hydrogens is 190 g/mol. The van der Waals surface area contributed by atoms with Gasteiger partial charge in [-0.1, -0.05) is 44.2 Å². The molecular formula is C12H19NO2. The molecule has 1 aromatic carbocycles. The predicted octanol–water partition coefficient (Wildman–Crippen LogP) is 1.08. The van der Waals surface area contributed by atoms with Crippen LogP contribution in [0.5, 0.6) is 0 Å². The Morgan fingerprint density at radius 3 is 2.27 bits per heavy atom. The van der Waals surface area contributed by atoms with E-state index in [1.807, 2.05) is 44.2 Å². The maximum absolute atomic E-state index is 10.0. The average molecular weight is 209 g/mol. The summed E-state index contributed by atoms with van der Waals surface area (Å²) in [5.74, 6) is 0. The number of benzene rings is 1. The molecule has 3 heteroatoms. The summed E-state index contributed by atoms with van der Waals surface area (Å²) in [4.78, 5) is 0. The third kappa shape index (κ3) is 3.63. The van der Waals surface area contributed by atoms with Crippen molar-refractivity contribution in [1.29, 1.82) is 0 Å². The first-order valence-electron chi connectivity index (χ1n) is 5.25. The van der Waals surface area contributed by atoms with Crippen molar-refractivity contribution < 1.29 is 10.2 Å². The Kier molecular flexibility index (Phi) is 4.75. The molecule has 1 aromatic rings. The van der Waals surface area contributed by atoms with Gasteiger partial charge in [-0.05, 0) is 5.56 Å². The normalized spacial score (nSPS) is 15.3. The van der Waals surface area contributed by atoms with Gasteiger partial charge in [0, 0.05) is 6.04 Å². The second-order valence-electron chi connectivity index (χ2n) is 3.97. The quantitative estimate of drug-likeness (QED) is 0.680. The van der Waals surface area contributed by atoms with Gasteiger partial charge in [0.1, 0.15) is 0 Å². The summed E-state index contributed by atoms with van der Waals surface area (Å²) in [6.07, 6.45) is -0.668. The first-order valence-corrected chi connectivity index (χ1v) is 5.25. The monoisotopic (exact) mass is 209 g/mol. The molecule has 0 saturated heterocycles. The molecule has 0 radical (unpaired) electrons. The van der Waals surface area contributed by atoms with Gasteiger partial charge in [-0.3, -0.25) is 0 Å². The van der Waals surface area contributed by atoms with Gasteiger partial charge in [0.25, 0.3) is 0 Å². The summed E-state index contributed by atoms with van der Waals surface area (Å²) >= 11 is 0. The van der Waals surface area contributed by atoms with Crippen molar-refractivity contribution in [3.63, 3.8) is 0 Å². The van der Waals surface area contributed by atoms with Crippen LogP contribution in [0.15, 0.2) is 30.3 Å². The molecule has 84 valence electrons. The van der Waals surface area contributed by atoms with E-state index in [9.17, 15) is 10.2 Å². The summed E-state index contributed by atoms with van der Waals surface area (Å²) < 4.78 is 0. The van der Waals surface area contributed by atoms with Gasteiger partial charge in [-0.15, -0.1) is 0 Å². The van der Waals surface area contributed by atoms with Crippen LogP contribution in [0.3, 0.4) is 0 Å². The minimum Gasteiger partial charge on any atom is -0.395 e. The molecule has 1 rings (SSSR count). The van der Waals surface area contributed by atoms with Crippen LogP contribution < -0.4 is 5.32 Å². The van der Waals surface area contributed by atoms with E-state index in [0.717, 1.165) is 5.56 Å². The fraction of sp³-hybridized carbons (Fsp3) is 0.500. The standard InChI is InChI=1S/C12H19NO2/c1-9(2)13-11(8-14)12(15)10-6-4-3-5-7-10/h3-7,9,11-15H,8H2,1-2H3/t11-,12-/m0/s1. The number of hydrogen-bond donors (Lipinski definition) is 3. The average Bonchev–Trinajstić information content (AvgIpc) is 2.26. The van der Waals surface area contributed by atoms with Crippen molar-refractivity contribution in [3.05, 3.63) is 35.9 Å². The molecule has 0 bridgehead atoms. The lowest BCUT2D eigenvalue weighted by Crippen LogP contribution is -2.41. The Labute approximate surface area is 90.8 Å². The highest BCUT2D eigenvalue weighted by atomic mass is 16.3. The first kappa shape index (κ1) is 12.2. The summed E-state index contributed by atoms with van der Waals surface area (Å²) in [5.41, 5.74) is 0.824. The molecule has 0 heterocycles. The smallest absolute Gasteiger partial charge is 0.0965 e. The van der Waals surface area contributed by atoms with E-state index in [0.29, 0.717) is 0 Å². The van der Waals surface area contributed by atoms with Crippen LogP contribution in [0.1, 0.15) is 25.5 Å². The van der Waals surface area contributed by atoms with Gasteiger partial charge in [-0.2, -0.15) is 0 Å². The number of hydrogen-bond acceptors (Lipinski definition) is 3. The minimum atomic E-state index is -0.668. The van der Waals surface area contributed by atoms with E-state index in [4.69, 9.17) is 0 Å². The summed E-state index contributed by atoms with van der Waals surface area (Å²) in [6, 6.07) is 9.29. The van der Waals surface area contributed by atoms with Gasteiger partial charge in [0.2, 0.25) is 0 Å². The molecule has 2 atom stereocenters. The molecule has 3 N–H and O–H groups in total. The van der Waals surface area contributed by atoms with Crippen molar-refractivity contribution in [2.45, 2.75) is 32.0 Å². The zero-order valence-electron chi connectivity index (χ0n) is 9.22. The van der Waals surface area contributed by atoms with Gasteiger partial charge < -0.3 is 15.5 Å². The Morgan fingerprint density at radius 1 is 1.20 bits per heavy atom. The van der Waals surface area contributed by atoms with Crippen molar-refractivity contribution in [3.8, 4) is 0 Å². The molecule has 0 aliphatic rings. The fourth-order valence-corrected chi connectivity index (χ4v) is 1.55. The number of rotatable bonds is 5. The van der Waals surface area contributed by atoms with Crippen molar-refractivity contribution in [1.82, 2.24) is 5.32 Å². The topological polar surface area (TPSA) is 52.5 Å². The molecule has 15 heavy (non-hydrogen) atoms. The van der Waals surface area contributed by atoms with E-state index in [1.165, 1.54) is 0 Å². The molecule has 0 unspecified atom stereocenters. The van der Waals surface area contributed by atoms with Crippen molar-refractivity contribution in [2.75, 3.05) is 6.61 Å². The van der Waals surface area contributed by atoms with Gasteiger partial charge in [-0.25, -0.2) is 0 Å². The molecule has 0 saturated carbocycles. The van der Waals surface area contributed by atoms with E-state index >= 15 is 0 Å². The third-order valence-corrected chi connectivity index (χ3v) is 2.27. The molecule has 3 nitrogen and oxygen atoms in total. The van der Waals surface area contributed by atoms with Gasteiger partial charge >= 0.3 is 0 Å². The Balaban J connectivity index is 2.69. The van der Waals surface area contributed by atoms with Crippen molar-refractivity contribution in [2.24, 2.45) is 0 Å². The van der Waals surface area contributed by atoms with Gasteiger partial charge in [0.15, 0.2) is 0 Å². The maximum Gasteiger partial charge on any atom is 0.0965 e. The zero-order valence-corrected chi connectivity index (χ0v) is 9.22. The van der Waals surface area contributed by atoms with Gasteiger partial charge in [0.05, 0.1) is 18.8 Å². The SMILES string of the molecule is CC(C)N[C@@H](CO)[C@@H](O)c1ccccc1. The first-order chi connectivity index (χ1) is 7.15. The second kappa shape index (κ2) is 5.85. The maximum atomic E-state index is 10.0. The Bertz CT molecular complexity index is 274. The highest BCUT2D eigenvalue weighted by Gasteiger charge is 2.20. The van der Waals surface area contributed by atoms with E-state index < -0.39 is 6.10 Å². The second-order valence-corrected chi connectivity index (χ2v) is 3.97. The highest BCUT2D eigenvalue weighted by molar-refractivity contribution is 5.18. The largest absolute Gasteiger partial charge is 0.395 e. The van der Waals surface area contributed by atoms with E-state index in [-0.39, 0.29) is 18.7 Å². The fourth-order valence-electron chi connectivity index (χ4n) is 1.55. The van der Waals surface area contributed by atoms with E-state index in [2.05, 4.69) is 5.32 Å². The lowest BCUT2D eigenvalue weighted by atomic mass is 10.0. The molecule has 0 amide bonds. The van der Waals surface area contributed by atoms with Crippen LogP contribution in [0, 0.1) is 0 Å². The number of aliphatic hydroxyl groups excluding tert-OH is 2. The molecule has 0 aliphatic carbocycles. The molecule has 0 aromatic heterocycles. The molecule has 0 fully saturated rings. The molecule has 0 aliphatic heterocycles. The van der Waals surface area contributed by atoms with Crippen LogP contribution in [-0.2, 0) is 0 Å². The van der Waals surface area contributed by atoms with Crippen molar-refractivity contribution >= 4 is 0 Å². The lowest BCUT2D eigenvalue weighted by Gasteiger charge is -2.24. The Hall–Kier alpha value is -0.900. The van der Waals surface area contributed by atoms with Crippen LogP contribution >= 0.6 is 0 Å². The van der Waals surface area contributed by atoms with Crippen LogP contribution in [0.4, 0.5) is 0 Å². The number of aliphatic hydroxyl groups is 2.